The quantitative estimate of drug-likeness (QED) is 0.666. The Labute approximate surface area is 157 Å². The second-order valence-corrected chi connectivity index (χ2v) is 7.65. The van der Waals surface area contributed by atoms with Gasteiger partial charge < -0.3 is 10.2 Å². The van der Waals surface area contributed by atoms with Crippen LogP contribution >= 0.6 is 23.6 Å². The predicted molar refractivity (Wildman–Crippen MR) is 108 cm³/mol. The van der Waals surface area contributed by atoms with Crippen molar-refractivity contribution in [2.75, 3.05) is 4.90 Å². The van der Waals surface area contributed by atoms with Crippen molar-refractivity contribution < 1.29 is 0 Å². The van der Waals surface area contributed by atoms with Gasteiger partial charge in [-0.1, -0.05) is 18.2 Å². The van der Waals surface area contributed by atoms with Gasteiger partial charge in [-0.2, -0.15) is 0 Å². The van der Waals surface area contributed by atoms with Crippen LogP contribution in [-0.2, 0) is 0 Å². The third-order valence-corrected chi connectivity index (χ3v) is 5.96. The summed E-state index contributed by atoms with van der Waals surface area (Å²) in [5.74, 6) is 0. The van der Waals surface area contributed by atoms with E-state index in [1.54, 1.807) is 11.3 Å². The summed E-state index contributed by atoms with van der Waals surface area (Å²) >= 11 is 7.48. The van der Waals surface area contributed by atoms with E-state index < -0.39 is 0 Å². The molecule has 0 saturated carbocycles. The monoisotopic (exact) mass is 365 g/mol. The third kappa shape index (κ3) is 2.94. The van der Waals surface area contributed by atoms with Gasteiger partial charge >= 0.3 is 0 Å². The van der Waals surface area contributed by atoms with E-state index in [9.17, 15) is 0 Å². The minimum absolute atomic E-state index is 0.0361. The highest BCUT2D eigenvalue weighted by Gasteiger charge is 2.41. The normalized spacial score (nSPS) is 19.9. The lowest BCUT2D eigenvalue weighted by Crippen LogP contribution is -2.29. The Hall–Kier alpha value is -2.24. The number of nitrogens with one attached hydrogen (secondary N) is 1. The van der Waals surface area contributed by atoms with Crippen LogP contribution in [0, 0.1) is 13.8 Å². The largest absolute Gasteiger partial charge is 0.351 e. The molecule has 2 aromatic heterocycles. The van der Waals surface area contributed by atoms with Gasteiger partial charge in [0.25, 0.3) is 0 Å². The Morgan fingerprint density at radius 1 is 1.08 bits per heavy atom. The fourth-order valence-corrected chi connectivity index (χ4v) is 4.46. The molecule has 1 aliphatic heterocycles. The van der Waals surface area contributed by atoms with Crippen molar-refractivity contribution in [2.45, 2.75) is 25.9 Å². The summed E-state index contributed by atoms with van der Waals surface area (Å²) < 4.78 is 0. The zero-order chi connectivity index (χ0) is 17.4. The number of aryl methyl sites for hydroxylation is 2. The molecule has 5 heteroatoms. The smallest absolute Gasteiger partial charge is 0.174 e. The fourth-order valence-electron chi connectivity index (χ4n) is 3.26. The molecule has 25 heavy (non-hydrogen) atoms. The average Bonchev–Trinajstić information content (AvgIpc) is 3.25. The maximum absolute atomic E-state index is 5.72. The van der Waals surface area contributed by atoms with E-state index in [-0.39, 0.29) is 12.1 Å². The second-order valence-electron chi connectivity index (χ2n) is 6.28. The summed E-state index contributed by atoms with van der Waals surface area (Å²) in [6, 6.07) is 17.0. The maximum atomic E-state index is 5.72. The van der Waals surface area contributed by atoms with Gasteiger partial charge in [-0.05, 0) is 72.9 Å². The minimum Gasteiger partial charge on any atom is -0.351 e. The number of hydrogen-bond acceptors (Lipinski definition) is 3. The highest BCUT2D eigenvalue weighted by atomic mass is 32.1. The van der Waals surface area contributed by atoms with Gasteiger partial charge in [0.2, 0.25) is 0 Å². The Bertz CT molecular complexity index is 891. The molecule has 3 aromatic rings. The fraction of sp³-hybridized carbons (Fsp3) is 0.200. The zero-order valence-corrected chi connectivity index (χ0v) is 15.8. The first-order valence-corrected chi connectivity index (χ1v) is 9.55. The number of thiophene rings is 1. The first kappa shape index (κ1) is 16.2. The molecule has 0 spiro atoms. The lowest BCUT2D eigenvalue weighted by atomic mass is 10.0. The predicted octanol–water partition coefficient (Wildman–Crippen LogP) is 4.94. The van der Waals surface area contributed by atoms with Crippen LogP contribution in [0.3, 0.4) is 0 Å². The van der Waals surface area contributed by atoms with Crippen molar-refractivity contribution in [2.24, 2.45) is 0 Å². The van der Waals surface area contributed by atoms with Crippen molar-refractivity contribution in [3.8, 4) is 0 Å². The van der Waals surface area contributed by atoms with E-state index >= 15 is 0 Å². The lowest BCUT2D eigenvalue weighted by molar-refractivity contribution is 0.575. The van der Waals surface area contributed by atoms with Crippen LogP contribution in [0.2, 0.25) is 0 Å². The third-order valence-electron chi connectivity index (χ3n) is 4.70. The van der Waals surface area contributed by atoms with Crippen molar-refractivity contribution in [1.29, 1.82) is 0 Å². The van der Waals surface area contributed by atoms with E-state index in [1.165, 1.54) is 16.0 Å². The highest BCUT2D eigenvalue weighted by Crippen LogP contribution is 2.43. The number of nitrogens with zero attached hydrogens (tertiary/aromatic N) is 2. The Balaban J connectivity index is 1.82. The lowest BCUT2D eigenvalue weighted by Gasteiger charge is -2.27. The second kappa shape index (κ2) is 6.58. The van der Waals surface area contributed by atoms with Gasteiger partial charge in [-0.15, -0.1) is 11.3 Å². The Morgan fingerprint density at radius 2 is 1.96 bits per heavy atom. The minimum atomic E-state index is 0.0361. The molecule has 0 bridgehead atoms. The van der Waals surface area contributed by atoms with Crippen LogP contribution in [0.1, 0.15) is 33.8 Å². The number of hydrogen-bond donors (Lipinski definition) is 1. The van der Waals surface area contributed by atoms with Crippen molar-refractivity contribution in [1.82, 2.24) is 10.3 Å². The van der Waals surface area contributed by atoms with E-state index in [4.69, 9.17) is 12.2 Å². The van der Waals surface area contributed by atoms with E-state index in [0.29, 0.717) is 0 Å². The molecular formula is C20H19N3S2. The molecule has 1 N–H and O–H groups in total. The molecule has 3 nitrogen and oxygen atoms in total. The van der Waals surface area contributed by atoms with E-state index in [2.05, 4.69) is 70.8 Å². The summed E-state index contributed by atoms with van der Waals surface area (Å²) in [7, 11) is 0. The van der Waals surface area contributed by atoms with Gasteiger partial charge in [-0.3, -0.25) is 4.98 Å². The van der Waals surface area contributed by atoms with Gasteiger partial charge in [-0.25, -0.2) is 0 Å². The molecule has 1 saturated heterocycles. The molecule has 1 aliphatic rings. The van der Waals surface area contributed by atoms with Crippen LogP contribution in [0.5, 0.6) is 0 Å². The number of pyridine rings is 1. The average molecular weight is 366 g/mol. The SMILES string of the molecule is Cc1ccc(N2C(=S)N[C@H](c3ccccn3)[C@H]2c2cccs2)cc1C. The zero-order valence-electron chi connectivity index (χ0n) is 14.1. The molecule has 0 aliphatic carbocycles. The van der Waals surface area contributed by atoms with Crippen molar-refractivity contribution in [3.05, 3.63) is 81.8 Å². The van der Waals surface area contributed by atoms with Crippen molar-refractivity contribution in [3.63, 3.8) is 0 Å². The van der Waals surface area contributed by atoms with Gasteiger partial charge in [0.1, 0.15) is 0 Å². The van der Waals surface area contributed by atoms with Crippen LogP contribution in [0.15, 0.2) is 60.1 Å². The summed E-state index contributed by atoms with van der Waals surface area (Å²) in [6.45, 7) is 4.27. The Morgan fingerprint density at radius 3 is 2.64 bits per heavy atom. The number of anilines is 1. The number of aromatic nitrogens is 1. The molecule has 1 aromatic carbocycles. The van der Waals surface area contributed by atoms with Gasteiger partial charge in [0.15, 0.2) is 5.11 Å². The first-order valence-electron chi connectivity index (χ1n) is 8.26. The molecule has 0 unspecified atom stereocenters. The summed E-state index contributed by atoms with van der Waals surface area (Å²) in [4.78, 5) is 8.08. The highest BCUT2D eigenvalue weighted by molar-refractivity contribution is 7.80. The summed E-state index contributed by atoms with van der Waals surface area (Å²) in [5.41, 5.74) is 4.69. The Kier molecular flexibility index (Phi) is 4.27. The molecule has 1 fully saturated rings. The van der Waals surface area contributed by atoms with Crippen LogP contribution in [0.4, 0.5) is 5.69 Å². The summed E-state index contributed by atoms with van der Waals surface area (Å²) in [6.07, 6.45) is 1.84. The van der Waals surface area contributed by atoms with E-state index in [0.717, 1.165) is 16.5 Å². The number of thiocarbonyl (C=S) groups is 1. The molecular weight excluding hydrogens is 346 g/mol. The van der Waals surface area contributed by atoms with Crippen LogP contribution < -0.4 is 10.2 Å². The van der Waals surface area contributed by atoms with Crippen LogP contribution in [-0.4, -0.2) is 10.1 Å². The standard InChI is InChI=1S/C20H19N3S2/c1-13-8-9-15(12-14(13)2)23-19(17-7-5-11-25-17)18(22-20(23)24)16-6-3-4-10-21-16/h3-12,18-19H,1-2H3,(H,22,24)/t18-,19-/m1/s1. The topological polar surface area (TPSA) is 28.2 Å². The van der Waals surface area contributed by atoms with Gasteiger partial charge in [0, 0.05) is 16.8 Å². The molecule has 126 valence electrons. The molecule has 0 amide bonds. The van der Waals surface area contributed by atoms with Crippen molar-refractivity contribution >= 4 is 34.4 Å². The molecule has 3 heterocycles. The number of rotatable bonds is 3. The molecule has 0 radical (unpaired) electrons. The molecule has 2 atom stereocenters. The van der Waals surface area contributed by atoms with E-state index in [1.807, 2.05) is 18.3 Å². The first-order chi connectivity index (χ1) is 12.1. The number of benzene rings is 1. The summed E-state index contributed by atoms with van der Waals surface area (Å²) in [5, 5.41) is 6.36. The molecule has 4 rings (SSSR count). The van der Waals surface area contributed by atoms with Crippen LogP contribution in [0.25, 0.3) is 0 Å². The maximum Gasteiger partial charge on any atom is 0.174 e. The van der Waals surface area contributed by atoms with Gasteiger partial charge in [0.05, 0.1) is 17.8 Å².